The Balaban J connectivity index is 1.29. The van der Waals surface area contributed by atoms with Gasteiger partial charge < -0.3 is 14.7 Å². The number of carbonyl (C=O) groups is 2. The van der Waals surface area contributed by atoms with Crippen molar-refractivity contribution in [2.24, 2.45) is 11.8 Å². The van der Waals surface area contributed by atoms with Crippen LogP contribution in [0.2, 0.25) is 0 Å². The third kappa shape index (κ3) is 6.23. The monoisotopic (exact) mass is 704 g/mol. The van der Waals surface area contributed by atoms with Crippen molar-refractivity contribution in [3.8, 4) is 23.0 Å². The molecule has 2 aromatic heterocycles. The molecular weight excluding hydrogens is 661 g/mol. The number of aromatic nitrogens is 3. The lowest BCUT2D eigenvalue weighted by atomic mass is 9.94. The molecule has 1 N–H and O–H groups in total. The van der Waals surface area contributed by atoms with Crippen molar-refractivity contribution in [1.82, 2.24) is 24.8 Å². The minimum Gasteiger partial charge on any atom is -0.508 e. The second kappa shape index (κ2) is 13.6. The van der Waals surface area contributed by atoms with E-state index in [1.807, 2.05) is 4.90 Å². The zero-order valence-corrected chi connectivity index (χ0v) is 29.4. The Bertz CT molecular complexity index is 2020. The van der Waals surface area contributed by atoms with E-state index in [1.165, 1.54) is 36.3 Å². The molecule has 3 fully saturated rings. The molecule has 13 heteroatoms. The van der Waals surface area contributed by atoms with E-state index in [0.717, 1.165) is 19.4 Å². The number of hydrogen-bond acceptors (Lipinski definition) is 9. The third-order valence-corrected chi connectivity index (χ3v) is 10.9. The molecule has 4 aromatic rings. The fourth-order valence-corrected chi connectivity index (χ4v) is 8.30. The predicted molar refractivity (Wildman–Crippen MR) is 187 cm³/mol. The first-order chi connectivity index (χ1) is 24.4. The number of rotatable bonds is 8. The highest BCUT2D eigenvalue weighted by Crippen LogP contribution is 2.42. The minimum atomic E-state index is -0.957. The molecule has 270 valence electrons. The van der Waals surface area contributed by atoms with Gasteiger partial charge in [0.15, 0.2) is 5.82 Å². The summed E-state index contributed by atoms with van der Waals surface area (Å²) in [7, 11) is 1.51. The first-order valence-electron chi connectivity index (χ1n) is 17.8. The number of hydrogen-bond donors (Lipinski definition) is 1. The van der Waals surface area contributed by atoms with E-state index in [0.29, 0.717) is 72.9 Å². The number of nitrogens with zero attached hydrogens (tertiary/aromatic N) is 6. The van der Waals surface area contributed by atoms with Gasteiger partial charge in [0.2, 0.25) is 11.8 Å². The number of benzene rings is 2. The molecule has 51 heavy (non-hydrogen) atoms. The van der Waals surface area contributed by atoms with Crippen LogP contribution in [0.25, 0.3) is 32.9 Å². The molecule has 0 bridgehead atoms. The number of anilines is 1. The Morgan fingerprint density at radius 1 is 1.14 bits per heavy atom. The number of imide groups is 1. The summed E-state index contributed by atoms with van der Waals surface area (Å²) in [5.41, 5.74) is -0.0697. The summed E-state index contributed by atoms with van der Waals surface area (Å²) < 4.78 is 52.7. The van der Waals surface area contributed by atoms with Gasteiger partial charge in [-0.3, -0.25) is 24.4 Å². The number of halogens is 3. The van der Waals surface area contributed by atoms with E-state index in [4.69, 9.17) is 9.72 Å². The predicted octanol–water partition coefficient (Wildman–Crippen LogP) is 6.20. The molecular formula is C38H43F3N6O4. The standard InChI is InChI=1S/C38H43F3N6O4/c1-5-26-29(40)8-7-23-15-25(48)16-27(30(23)26)32-31(41)33-28(18-42-32)34(46-13-9-22(10-14-46)36(50)45(4)35(49)21(2)3)44-37(43-33)51-20-38-11-6-12-47(38)19-24(39)17-38/h7-8,15-16,18,21-22,24,48H,5-6,9-14,17,19-20H2,1-4H3/t24-,38+/m1/s1. The highest BCUT2D eigenvalue weighted by molar-refractivity contribution is 6.02. The van der Waals surface area contributed by atoms with Crippen LogP contribution >= 0.6 is 0 Å². The van der Waals surface area contributed by atoms with Crippen LogP contribution in [0.5, 0.6) is 11.8 Å². The number of aromatic hydroxyl groups is 1. The fourth-order valence-electron chi connectivity index (χ4n) is 8.30. The largest absolute Gasteiger partial charge is 0.508 e. The summed E-state index contributed by atoms with van der Waals surface area (Å²) in [4.78, 5) is 44.8. The summed E-state index contributed by atoms with van der Waals surface area (Å²) >= 11 is 0. The summed E-state index contributed by atoms with van der Waals surface area (Å²) in [6.45, 7) is 7.37. The van der Waals surface area contributed by atoms with Gasteiger partial charge in [-0.2, -0.15) is 9.97 Å². The molecule has 7 rings (SSSR count). The van der Waals surface area contributed by atoms with Gasteiger partial charge in [-0.1, -0.05) is 26.8 Å². The summed E-state index contributed by atoms with van der Waals surface area (Å²) in [6.07, 6.45) is 3.77. The van der Waals surface area contributed by atoms with E-state index in [2.05, 4.69) is 14.9 Å². The van der Waals surface area contributed by atoms with Crippen LogP contribution < -0.4 is 9.64 Å². The normalized spacial score (nSPS) is 21.2. The number of ether oxygens (including phenoxy) is 1. The Labute approximate surface area is 294 Å². The van der Waals surface area contributed by atoms with Crippen molar-refractivity contribution in [2.75, 3.05) is 44.7 Å². The van der Waals surface area contributed by atoms with Gasteiger partial charge in [-0.15, -0.1) is 0 Å². The minimum absolute atomic E-state index is 0.0676. The van der Waals surface area contributed by atoms with Crippen molar-refractivity contribution in [2.45, 2.75) is 71.0 Å². The lowest BCUT2D eigenvalue weighted by molar-refractivity contribution is -0.148. The van der Waals surface area contributed by atoms with E-state index < -0.39 is 23.3 Å². The first-order valence-corrected chi connectivity index (χ1v) is 17.8. The second-order valence-electron chi connectivity index (χ2n) is 14.5. The number of aryl methyl sites for hydroxylation is 1. The van der Waals surface area contributed by atoms with Crippen molar-refractivity contribution in [3.63, 3.8) is 0 Å². The summed E-state index contributed by atoms with van der Waals surface area (Å²) in [6, 6.07) is 5.68. The van der Waals surface area contributed by atoms with Gasteiger partial charge in [0, 0.05) is 56.7 Å². The van der Waals surface area contributed by atoms with Gasteiger partial charge in [-0.05, 0) is 73.2 Å². The maximum atomic E-state index is 16.9. The van der Waals surface area contributed by atoms with E-state index in [1.54, 1.807) is 26.8 Å². The van der Waals surface area contributed by atoms with Gasteiger partial charge in [0.25, 0.3) is 0 Å². The van der Waals surface area contributed by atoms with Crippen LogP contribution in [0.15, 0.2) is 30.5 Å². The van der Waals surface area contributed by atoms with Gasteiger partial charge >= 0.3 is 6.01 Å². The third-order valence-electron chi connectivity index (χ3n) is 10.9. The zero-order valence-electron chi connectivity index (χ0n) is 29.4. The van der Waals surface area contributed by atoms with Crippen LogP contribution in [0.1, 0.15) is 58.4 Å². The summed E-state index contributed by atoms with van der Waals surface area (Å²) in [5, 5.41) is 11.9. The smallest absolute Gasteiger partial charge is 0.319 e. The molecule has 10 nitrogen and oxygen atoms in total. The molecule has 0 saturated carbocycles. The van der Waals surface area contributed by atoms with Crippen LogP contribution in [-0.4, -0.2) is 93.2 Å². The number of alkyl halides is 1. The highest BCUT2D eigenvalue weighted by atomic mass is 19.1. The van der Waals surface area contributed by atoms with Gasteiger partial charge in [0.05, 0.1) is 10.9 Å². The quantitative estimate of drug-likeness (QED) is 0.229. The summed E-state index contributed by atoms with van der Waals surface area (Å²) in [5.74, 6) is -2.12. The van der Waals surface area contributed by atoms with Crippen molar-refractivity contribution in [1.29, 1.82) is 0 Å². The maximum absolute atomic E-state index is 16.9. The number of phenols is 1. The Kier molecular flexibility index (Phi) is 9.28. The molecule has 2 aromatic carbocycles. The molecule has 3 aliphatic heterocycles. The maximum Gasteiger partial charge on any atom is 0.319 e. The SMILES string of the molecule is CCc1c(F)ccc2cc(O)cc(-c3ncc4c(N5CCC(C(=O)N(C)C(=O)C(C)C)CC5)nc(OC[C@@]56CCCN5C[C@H](F)C6)nc4c3F)c12. The Morgan fingerprint density at radius 3 is 2.63 bits per heavy atom. The van der Waals surface area contributed by atoms with E-state index >= 15 is 8.78 Å². The van der Waals surface area contributed by atoms with Crippen LogP contribution in [0.3, 0.4) is 0 Å². The van der Waals surface area contributed by atoms with Crippen LogP contribution in [0, 0.1) is 23.5 Å². The fraction of sp³-hybridized carbons (Fsp3) is 0.500. The number of amides is 2. The average Bonchev–Trinajstić information content (AvgIpc) is 3.65. The van der Waals surface area contributed by atoms with Crippen molar-refractivity contribution >= 4 is 39.3 Å². The topological polar surface area (TPSA) is 112 Å². The Hall–Kier alpha value is -4.52. The van der Waals surface area contributed by atoms with Gasteiger partial charge in [-0.25, -0.2) is 13.2 Å². The lowest BCUT2D eigenvalue weighted by Gasteiger charge is -2.34. The van der Waals surface area contributed by atoms with Crippen molar-refractivity contribution in [3.05, 3.63) is 47.7 Å². The molecule has 3 aliphatic rings. The van der Waals surface area contributed by atoms with Crippen molar-refractivity contribution < 1.29 is 32.6 Å². The number of carbonyl (C=O) groups excluding carboxylic acids is 2. The number of pyridine rings is 1. The van der Waals surface area contributed by atoms with Crippen LogP contribution in [-0.2, 0) is 16.0 Å². The molecule has 0 spiro atoms. The number of fused-ring (bicyclic) bond motifs is 3. The van der Waals surface area contributed by atoms with E-state index in [9.17, 15) is 19.1 Å². The zero-order chi connectivity index (χ0) is 36.2. The highest BCUT2D eigenvalue weighted by Gasteiger charge is 2.49. The molecule has 5 heterocycles. The Morgan fingerprint density at radius 2 is 1.90 bits per heavy atom. The number of phenolic OH excluding ortho intramolecular Hbond substituents is 1. The first kappa shape index (κ1) is 34.9. The van der Waals surface area contributed by atoms with Gasteiger partial charge in [0.1, 0.15) is 41.4 Å². The molecule has 2 amide bonds. The number of piperidine rings is 1. The van der Waals surface area contributed by atoms with Crippen LogP contribution in [0.4, 0.5) is 19.0 Å². The second-order valence-corrected chi connectivity index (χ2v) is 14.5. The lowest BCUT2D eigenvalue weighted by Crippen LogP contribution is -2.44. The average molecular weight is 705 g/mol. The molecule has 3 saturated heterocycles. The van der Waals surface area contributed by atoms with E-state index in [-0.39, 0.29) is 58.8 Å². The molecule has 0 unspecified atom stereocenters. The molecule has 0 radical (unpaired) electrons. The molecule has 0 aliphatic carbocycles. The molecule has 2 atom stereocenters.